The summed E-state index contributed by atoms with van der Waals surface area (Å²) in [5, 5.41) is 5.42. The Labute approximate surface area is 214 Å². The number of amidine groups is 1. The van der Waals surface area contributed by atoms with Gasteiger partial charge in [-0.3, -0.25) is 4.79 Å². The molecule has 2 aromatic carbocycles. The lowest BCUT2D eigenvalue weighted by atomic mass is 9.93. The monoisotopic (exact) mass is 509 g/mol. The molecule has 0 aromatic heterocycles. The van der Waals surface area contributed by atoms with Gasteiger partial charge in [0.25, 0.3) is 0 Å². The summed E-state index contributed by atoms with van der Waals surface area (Å²) in [5.41, 5.74) is 2.59. The quantitative estimate of drug-likeness (QED) is 0.384. The van der Waals surface area contributed by atoms with E-state index in [0.29, 0.717) is 22.1 Å². The van der Waals surface area contributed by atoms with E-state index < -0.39 is 17.8 Å². The van der Waals surface area contributed by atoms with Gasteiger partial charge in [0.15, 0.2) is 5.17 Å². The molecule has 7 nitrogen and oxygen atoms in total. The first-order valence-electron chi connectivity index (χ1n) is 11.6. The molecule has 0 bridgehead atoms. The fourth-order valence-corrected chi connectivity index (χ4v) is 5.16. The molecule has 2 aromatic rings. The molecule has 4 rings (SSSR count). The van der Waals surface area contributed by atoms with Gasteiger partial charge in [-0.25, -0.2) is 14.2 Å². The van der Waals surface area contributed by atoms with Crippen LogP contribution in [0.25, 0.3) is 0 Å². The van der Waals surface area contributed by atoms with Crippen LogP contribution in [0.5, 0.6) is 0 Å². The molecule has 2 heterocycles. The van der Waals surface area contributed by atoms with Crippen molar-refractivity contribution >= 4 is 28.8 Å². The summed E-state index contributed by atoms with van der Waals surface area (Å²) < 4.78 is 25.5. The third kappa shape index (κ3) is 5.52. The van der Waals surface area contributed by atoms with E-state index in [0.717, 1.165) is 5.56 Å². The number of amides is 1. The van der Waals surface area contributed by atoms with Crippen molar-refractivity contribution in [3.8, 4) is 0 Å². The number of nitrogens with one attached hydrogen (secondary N) is 1. The maximum atomic E-state index is 15.1. The van der Waals surface area contributed by atoms with Gasteiger partial charge in [-0.2, -0.15) is 0 Å². The lowest BCUT2D eigenvalue weighted by Crippen LogP contribution is -2.38. The highest BCUT2D eigenvalue weighted by molar-refractivity contribution is 8.16. The number of esters is 1. The van der Waals surface area contributed by atoms with E-state index in [2.05, 4.69) is 10.3 Å². The molecule has 2 atom stereocenters. The molecule has 9 heteroatoms. The maximum Gasteiger partial charge on any atom is 0.338 e. The Bertz CT molecular complexity index is 1230. The summed E-state index contributed by atoms with van der Waals surface area (Å²) in [6.07, 6.45) is 0.0409. The normalized spacial score (nSPS) is 17.8. The number of hydrogen-bond donors (Lipinski definition) is 1. The van der Waals surface area contributed by atoms with Gasteiger partial charge in [0.05, 0.1) is 36.4 Å². The molecule has 0 fully saturated rings. The average molecular weight is 510 g/mol. The number of methoxy groups -OCH3 is 1. The van der Waals surface area contributed by atoms with E-state index in [1.165, 1.54) is 24.9 Å². The molecule has 1 amide bonds. The van der Waals surface area contributed by atoms with Gasteiger partial charge in [0.2, 0.25) is 5.91 Å². The first-order valence-corrected chi connectivity index (χ1v) is 12.5. The lowest BCUT2D eigenvalue weighted by molar-refractivity contribution is -0.141. The smallest absolute Gasteiger partial charge is 0.338 e. The molecule has 2 aliphatic rings. The summed E-state index contributed by atoms with van der Waals surface area (Å²) in [4.78, 5) is 32.5. The van der Waals surface area contributed by atoms with Crippen LogP contribution in [0, 0.1) is 5.82 Å². The number of ether oxygens (including phenoxy) is 2. The molecule has 188 valence electrons. The molecular formula is C27H28FN3O4S. The van der Waals surface area contributed by atoms with Crippen molar-refractivity contribution in [1.29, 1.82) is 0 Å². The molecule has 0 saturated carbocycles. The number of benzene rings is 2. The predicted octanol–water partition coefficient (Wildman–Crippen LogP) is 4.86. The molecular weight excluding hydrogens is 481 g/mol. The number of nitrogens with zero attached hydrogens (tertiary/aromatic N) is 2. The standard InChI is InChI=1S/C27H28FN3O4S/c1-17(19-9-5-4-6-10-19)29-23(32)15-20-16-36-27-30-18(2)24(26(33)35-14-13-34-3)25(31(20)27)21-11-7-8-12-22(21)28/h4-12,16-17,25H,13-15H2,1-3H3,(H,29,32)/t17-,25-/m1/s1. The maximum absolute atomic E-state index is 15.1. The summed E-state index contributed by atoms with van der Waals surface area (Å²) in [6, 6.07) is 15.0. The van der Waals surface area contributed by atoms with Crippen LogP contribution in [-0.2, 0) is 19.1 Å². The van der Waals surface area contributed by atoms with Gasteiger partial charge in [0, 0.05) is 18.4 Å². The first-order chi connectivity index (χ1) is 17.4. The topological polar surface area (TPSA) is 80.2 Å². The second-order valence-electron chi connectivity index (χ2n) is 8.42. The molecule has 0 radical (unpaired) electrons. The van der Waals surface area contributed by atoms with Crippen LogP contribution in [-0.4, -0.2) is 42.3 Å². The van der Waals surface area contributed by atoms with Gasteiger partial charge in [-0.05, 0) is 30.9 Å². The Morgan fingerprint density at radius 1 is 1.14 bits per heavy atom. The zero-order valence-electron chi connectivity index (χ0n) is 20.4. The first kappa shape index (κ1) is 25.7. The number of thioether (sulfide) groups is 1. The second-order valence-corrected chi connectivity index (χ2v) is 9.26. The summed E-state index contributed by atoms with van der Waals surface area (Å²) in [6.45, 7) is 3.92. The minimum Gasteiger partial charge on any atom is -0.460 e. The fourth-order valence-electron chi connectivity index (χ4n) is 4.20. The minimum atomic E-state index is -0.825. The number of rotatable bonds is 9. The van der Waals surface area contributed by atoms with E-state index >= 15 is 4.39 Å². The molecule has 0 aliphatic carbocycles. The summed E-state index contributed by atoms with van der Waals surface area (Å²) in [7, 11) is 1.51. The van der Waals surface area contributed by atoms with Crippen LogP contribution >= 0.6 is 11.8 Å². The second kappa shape index (κ2) is 11.5. The number of hydrogen-bond acceptors (Lipinski definition) is 7. The van der Waals surface area contributed by atoms with Crippen molar-refractivity contribution in [2.24, 2.45) is 4.99 Å². The number of fused-ring (bicyclic) bond motifs is 1. The number of aliphatic imine (C=N–C) groups is 1. The van der Waals surface area contributed by atoms with Gasteiger partial charge in [-0.15, -0.1) is 0 Å². The average Bonchev–Trinajstić information content (AvgIpc) is 3.25. The van der Waals surface area contributed by atoms with E-state index in [9.17, 15) is 9.59 Å². The van der Waals surface area contributed by atoms with Crippen LogP contribution in [0.15, 0.2) is 82.0 Å². The van der Waals surface area contributed by atoms with E-state index in [1.807, 2.05) is 42.7 Å². The number of carbonyl (C=O) groups excluding carboxylic acids is 2. The largest absolute Gasteiger partial charge is 0.460 e. The van der Waals surface area contributed by atoms with E-state index in [4.69, 9.17) is 9.47 Å². The highest BCUT2D eigenvalue weighted by atomic mass is 32.2. The van der Waals surface area contributed by atoms with Crippen molar-refractivity contribution in [2.45, 2.75) is 32.4 Å². The Hall–Kier alpha value is -3.43. The zero-order chi connectivity index (χ0) is 25.7. The molecule has 0 saturated heterocycles. The molecule has 36 heavy (non-hydrogen) atoms. The third-order valence-electron chi connectivity index (χ3n) is 5.96. The Balaban J connectivity index is 1.62. The molecule has 0 spiro atoms. The molecule has 2 aliphatic heterocycles. The third-order valence-corrected chi connectivity index (χ3v) is 6.85. The van der Waals surface area contributed by atoms with Crippen LogP contribution in [0.1, 0.15) is 43.5 Å². The highest BCUT2D eigenvalue weighted by Crippen LogP contribution is 2.45. The number of halogens is 1. The Morgan fingerprint density at radius 2 is 1.86 bits per heavy atom. The summed E-state index contributed by atoms with van der Waals surface area (Å²) in [5.74, 6) is -1.25. The van der Waals surface area contributed by atoms with Crippen molar-refractivity contribution < 1.29 is 23.5 Å². The van der Waals surface area contributed by atoms with Gasteiger partial charge in [-0.1, -0.05) is 60.3 Å². The Kier molecular flexibility index (Phi) is 8.22. The van der Waals surface area contributed by atoms with Crippen LogP contribution in [0.2, 0.25) is 0 Å². The predicted molar refractivity (Wildman–Crippen MR) is 137 cm³/mol. The van der Waals surface area contributed by atoms with E-state index in [1.54, 1.807) is 30.0 Å². The number of allylic oxidation sites excluding steroid dienone is 1. The van der Waals surface area contributed by atoms with Gasteiger partial charge < -0.3 is 19.7 Å². The number of carbonyl (C=O) groups is 2. The minimum absolute atomic E-state index is 0.0409. The SMILES string of the molecule is COCCOC(=O)C1=C(C)N=C2SC=C(CC(=O)N[C@H](C)c3ccccc3)N2[C@@H]1c1ccccc1F. The highest BCUT2D eigenvalue weighted by Gasteiger charge is 2.42. The van der Waals surface area contributed by atoms with Crippen molar-refractivity contribution in [3.05, 3.63) is 93.9 Å². The zero-order valence-corrected chi connectivity index (χ0v) is 21.2. The molecule has 0 unspecified atom stereocenters. The summed E-state index contributed by atoms with van der Waals surface area (Å²) >= 11 is 1.34. The van der Waals surface area contributed by atoms with Crippen molar-refractivity contribution in [3.63, 3.8) is 0 Å². The lowest BCUT2D eigenvalue weighted by Gasteiger charge is -2.36. The van der Waals surface area contributed by atoms with Gasteiger partial charge in [0.1, 0.15) is 12.4 Å². The van der Waals surface area contributed by atoms with Crippen LogP contribution in [0.4, 0.5) is 4.39 Å². The van der Waals surface area contributed by atoms with Gasteiger partial charge >= 0.3 is 5.97 Å². The van der Waals surface area contributed by atoms with Crippen LogP contribution in [0.3, 0.4) is 0 Å². The molecule has 1 N–H and O–H groups in total. The Morgan fingerprint density at radius 3 is 2.58 bits per heavy atom. The van der Waals surface area contributed by atoms with Crippen molar-refractivity contribution in [2.75, 3.05) is 20.3 Å². The van der Waals surface area contributed by atoms with Crippen molar-refractivity contribution in [1.82, 2.24) is 10.2 Å². The van der Waals surface area contributed by atoms with Crippen LogP contribution < -0.4 is 5.32 Å². The fraction of sp³-hybridized carbons (Fsp3) is 0.296. The van der Waals surface area contributed by atoms with E-state index in [-0.39, 0.29) is 37.2 Å².